The molecule has 496 valence electrons. The van der Waals surface area contributed by atoms with E-state index < -0.39 is 0 Å². The van der Waals surface area contributed by atoms with Crippen molar-refractivity contribution in [2.24, 2.45) is 46.6 Å². The summed E-state index contributed by atoms with van der Waals surface area (Å²) in [5.74, 6) is 1.47. The topological polar surface area (TPSA) is 197 Å². The van der Waals surface area contributed by atoms with Crippen LogP contribution in [-0.2, 0) is 27.4 Å². The third kappa shape index (κ3) is 68.0. The van der Waals surface area contributed by atoms with Gasteiger partial charge in [-0.2, -0.15) is 0 Å². The van der Waals surface area contributed by atoms with Crippen LogP contribution in [0, 0.1) is 23.7 Å². The van der Waals surface area contributed by atoms with Gasteiger partial charge in [-0.25, -0.2) is 0 Å². The number of hydrogen-bond donors (Lipinski definition) is 7. The molecule has 2 aromatic carbocycles. The van der Waals surface area contributed by atoms with E-state index in [0.717, 1.165) is 64.4 Å². The van der Waals surface area contributed by atoms with E-state index in [1.165, 1.54) is 56.3 Å². The predicted octanol–water partition coefficient (Wildman–Crippen LogP) is 13.2. The van der Waals surface area contributed by atoms with Crippen molar-refractivity contribution in [3.63, 3.8) is 0 Å². The minimum absolute atomic E-state index is 0.0231. The molecule has 0 aliphatic heterocycles. The average Bonchev–Trinajstić information content (AvgIpc) is 3.50. The Kier molecular flexibility index (Phi) is 76.9. The second-order valence-electron chi connectivity index (χ2n) is 22.8. The van der Waals surface area contributed by atoms with Gasteiger partial charge in [-0.1, -0.05) is 191 Å². The number of nitrogens with one attached hydrogen (secondary N) is 3. The molecule has 0 heterocycles. The molecule has 0 radical (unpaired) electrons. The van der Waals surface area contributed by atoms with E-state index in [2.05, 4.69) is 198 Å². The molecule has 0 saturated carbocycles. The molecule has 2 rings (SSSR count). The standard InChI is InChI=1S/C13H21N.C11H17N.C8H18N2O.C8H17NO2.C8H19N.C6H16N2.C6H15N.C5H13N.C4H11N/c1-4-12(3)14(5-2)11-13-9-7-6-8-10-13;1-3-10(2)12-9-11-7-5-4-6-8-11;1-5-7(2)8(11)9-6-10(3)4;1-5-7(2)8(10)11-6-9(3)4;1-5-8(4)9(6-2)7-3;1-3-5(2)6(8)4-7;1-4-6(3)7-5-2;1-3-5(2)4-6;1-3-4(2)5/h6-10,12H,4-5,11H2,1-3H3;4-8,10,12H,3,9H2,1-2H3;7H,5-6H2,1-4H3,(H,9,11);7H,5-6H2,1-4H3;8H,5-7H2,1-4H3;5-6H,3-4,7-8H2,1-2H3;6-7H,4-5H2,1-3H3;5H,3-4,6H2,1-2H3;4H,3,5H2,1-2H3. The van der Waals surface area contributed by atoms with E-state index >= 15 is 0 Å². The second-order valence-corrected chi connectivity index (χ2v) is 22.8. The first-order valence-electron chi connectivity index (χ1n) is 32.8. The highest BCUT2D eigenvalue weighted by atomic mass is 16.5. The number of esters is 1. The molecule has 10 atom stereocenters. The lowest BCUT2D eigenvalue weighted by atomic mass is 10.0. The van der Waals surface area contributed by atoms with Crippen LogP contribution in [0.4, 0.5) is 0 Å². The van der Waals surface area contributed by atoms with Crippen LogP contribution in [0.1, 0.15) is 221 Å². The summed E-state index contributed by atoms with van der Waals surface area (Å²) >= 11 is 0. The van der Waals surface area contributed by atoms with Gasteiger partial charge in [0.15, 0.2) is 0 Å². The normalized spacial score (nSPS) is 14.0. The van der Waals surface area contributed by atoms with Gasteiger partial charge in [-0.3, -0.25) is 24.3 Å². The zero-order valence-electron chi connectivity index (χ0n) is 59.8. The highest BCUT2D eigenvalue weighted by Gasteiger charge is 2.12. The Hall–Kier alpha value is -3.02. The molecular formula is C69H147N11O3. The van der Waals surface area contributed by atoms with E-state index in [1.54, 1.807) is 0 Å². The zero-order chi connectivity index (χ0) is 65.7. The van der Waals surface area contributed by atoms with Crippen LogP contribution in [0.15, 0.2) is 60.7 Å². The zero-order valence-corrected chi connectivity index (χ0v) is 59.8. The van der Waals surface area contributed by atoms with Crippen molar-refractivity contribution in [3.8, 4) is 0 Å². The minimum atomic E-state index is -0.110. The largest absolute Gasteiger partial charge is 0.449 e. The van der Waals surface area contributed by atoms with Gasteiger partial charge in [0.2, 0.25) is 5.91 Å². The summed E-state index contributed by atoms with van der Waals surface area (Å²) in [6.45, 7) is 56.2. The molecule has 0 saturated heterocycles. The van der Waals surface area contributed by atoms with Crippen molar-refractivity contribution in [3.05, 3.63) is 71.8 Å². The Morgan fingerprint density at radius 1 is 0.506 bits per heavy atom. The number of hydrogen-bond acceptors (Lipinski definition) is 13. The molecule has 10 unspecified atom stereocenters. The molecule has 83 heavy (non-hydrogen) atoms. The van der Waals surface area contributed by atoms with E-state index in [1.807, 2.05) is 78.7 Å². The fourth-order valence-electron chi connectivity index (χ4n) is 6.08. The molecule has 14 heteroatoms. The van der Waals surface area contributed by atoms with Gasteiger partial charge < -0.3 is 48.5 Å². The summed E-state index contributed by atoms with van der Waals surface area (Å²) in [7, 11) is 7.58. The second kappa shape index (κ2) is 68.1. The molecule has 0 aliphatic carbocycles. The van der Waals surface area contributed by atoms with Crippen molar-refractivity contribution < 1.29 is 14.3 Å². The average molecular weight is 1180 g/mol. The number of nitrogens with two attached hydrogens (primary N) is 4. The SMILES string of the molecule is CCC(C)C(=O)NCN(C)C.CCC(C)C(=O)OCN(C)C.CCC(C)C(N)CN.CCC(C)CN.CCC(C)N.CCC(C)N(CC)CC.CCC(C)N(CC)Cc1ccccc1.CCC(C)NCc1ccccc1.CCNC(C)CC. The summed E-state index contributed by atoms with van der Waals surface area (Å²) in [6, 6.07) is 24.5. The fraction of sp³-hybridized carbons (Fsp3) is 0.797. The van der Waals surface area contributed by atoms with Crippen molar-refractivity contribution in [2.75, 3.05) is 80.9 Å². The molecule has 1 amide bonds. The number of nitrogens with zero attached hydrogens (tertiary/aromatic N) is 4. The highest BCUT2D eigenvalue weighted by Crippen LogP contribution is 2.10. The number of amides is 1. The first-order chi connectivity index (χ1) is 39.1. The summed E-state index contributed by atoms with van der Waals surface area (Å²) in [4.78, 5) is 30.9. The third-order valence-electron chi connectivity index (χ3n) is 14.6. The van der Waals surface area contributed by atoms with E-state index in [0.29, 0.717) is 55.9 Å². The van der Waals surface area contributed by atoms with Crippen LogP contribution in [0.25, 0.3) is 0 Å². The van der Waals surface area contributed by atoms with Gasteiger partial charge in [0, 0.05) is 61.8 Å². The van der Waals surface area contributed by atoms with Crippen LogP contribution < -0.4 is 38.9 Å². The molecule has 0 spiro atoms. The van der Waals surface area contributed by atoms with E-state index in [9.17, 15) is 9.59 Å². The lowest BCUT2D eigenvalue weighted by molar-refractivity contribution is -0.151. The maximum atomic E-state index is 11.1. The van der Waals surface area contributed by atoms with Gasteiger partial charge in [0.1, 0.15) is 6.73 Å². The van der Waals surface area contributed by atoms with Crippen LogP contribution in [0.2, 0.25) is 0 Å². The van der Waals surface area contributed by atoms with E-state index in [-0.39, 0.29) is 29.8 Å². The van der Waals surface area contributed by atoms with Crippen molar-refractivity contribution >= 4 is 11.9 Å². The maximum absolute atomic E-state index is 11.1. The van der Waals surface area contributed by atoms with Gasteiger partial charge >= 0.3 is 5.97 Å². The monoisotopic (exact) mass is 1180 g/mol. The number of ether oxygens (including phenoxy) is 1. The van der Waals surface area contributed by atoms with Gasteiger partial charge in [-0.15, -0.1) is 0 Å². The number of benzene rings is 2. The minimum Gasteiger partial charge on any atom is -0.449 e. The Bertz CT molecular complexity index is 1510. The molecule has 0 aromatic heterocycles. The van der Waals surface area contributed by atoms with Gasteiger partial charge in [0.05, 0.1) is 12.6 Å². The number of rotatable bonds is 30. The van der Waals surface area contributed by atoms with Crippen molar-refractivity contribution in [1.82, 2.24) is 35.6 Å². The fourth-order valence-corrected chi connectivity index (χ4v) is 6.08. The first kappa shape index (κ1) is 93.7. The molecule has 0 fully saturated rings. The Morgan fingerprint density at radius 2 is 0.940 bits per heavy atom. The summed E-state index contributed by atoms with van der Waals surface area (Å²) < 4.78 is 4.94. The van der Waals surface area contributed by atoms with Gasteiger partial charge in [0.25, 0.3) is 0 Å². The first-order valence-corrected chi connectivity index (χ1v) is 32.8. The molecule has 2 aromatic rings. The van der Waals surface area contributed by atoms with Crippen molar-refractivity contribution in [1.29, 1.82) is 0 Å². The summed E-state index contributed by atoms with van der Waals surface area (Å²) in [5.41, 5.74) is 24.3. The third-order valence-corrected chi connectivity index (χ3v) is 14.6. The highest BCUT2D eigenvalue weighted by molar-refractivity contribution is 5.78. The summed E-state index contributed by atoms with van der Waals surface area (Å²) in [5, 5.41) is 9.56. The quantitative estimate of drug-likeness (QED) is 0.0289. The smallest absolute Gasteiger partial charge is 0.309 e. The molecule has 0 bridgehead atoms. The maximum Gasteiger partial charge on any atom is 0.309 e. The lowest BCUT2D eigenvalue weighted by Crippen LogP contribution is -2.36. The molecule has 11 N–H and O–H groups in total. The molecule has 14 nitrogen and oxygen atoms in total. The lowest BCUT2D eigenvalue weighted by Gasteiger charge is -2.26. The van der Waals surface area contributed by atoms with Crippen molar-refractivity contribution in [2.45, 2.75) is 259 Å². The predicted molar refractivity (Wildman–Crippen MR) is 371 cm³/mol. The van der Waals surface area contributed by atoms with Crippen LogP contribution in [-0.4, -0.2) is 149 Å². The van der Waals surface area contributed by atoms with Crippen LogP contribution in [0.5, 0.6) is 0 Å². The van der Waals surface area contributed by atoms with Gasteiger partial charge in [-0.05, 0) is 163 Å². The number of carbonyl (C=O) groups excluding carboxylic acids is 2. The summed E-state index contributed by atoms with van der Waals surface area (Å²) in [6.07, 6.45) is 10.1. The Morgan fingerprint density at radius 3 is 1.22 bits per heavy atom. The van der Waals surface area contributed by atoms with Crippen LogP contribution >= 0.6 is 0 Å². The Balaban J connectivity index is -0.000000159. The Labute approximate surface area is 518 Å². The van der Waals surface area contributed by atoms with Crippen LogP contribution in [0.3, 0.4) is 0 Å². The van der Waals surface area contributed by atoms with E-state index in [4.69, 9.17) is 27.7 Å². The molecular weight excluding hydrogens is 1030 g/mol. The number of carbonyl (C=O) groups is 2. The molecule has 0 aliphatic rings.